The molecule has 0 heterocycles. The molecule has 0 aliphatic rings. The molecule has 116 valence electrons. The Bertz CT molecular complexity index is 647. The molecule has 0 radical (unpaired) electrons. The summed E-state index contributed by atoms with van der Waals surface area (Å²) in [6.45, 7) is 0. The summed E-state index contributed by atoms with van der Waals surface area (Å²) in [5.74, 6) is 0.365. The number of rotatable bonds is 3. The number of hydrogen-bond acceptors (Lipinski definition) is 3. The molecular weight excluding hydrogens is 315 g/mol. The van der Waals surface area contributed by atoms with Gasteiger partial charge in [0.05, 0.1) is 5.56 Å². The highest BCUT2D eigenvalue weighted by atomic mass is 32.2. The second-order valence-electron chi connectivity index (χ2n) is 4.30. The van der Waals surface area contributed by atoms with E-state index in [4.69, 9.17) is 4.74 Å². The highest BCUT2D eigenvalue weighted by Crippen LogP contribution is 2.32. The summed E-state index contributed by atoms with van der Waals surface area (Å²) in [7, 11) is 1.43. The average Bonchev–Trinajstić information content (AvgIpc) is 2.47. The Morgan fingerprint density at radius 2 is 1.77 bits per heavy atom. The molecule has 0 fully saturated rings. The van der Waals surface area contributed by atoms with Crippen molar-refractivity contribution in [1.82, 2.24) is 4.31 Å². The van der Waals surface area contributed by atoms with Gasteiger partial charge in [-0.25, -0.2) is 9.10 Å². The molecule has 2 rings (SSSR count). The van der Waals surface area contributed by atoms with Gasteiger partial charge in [-0.3, -0.25) is 0 Å². The fraction of sp³-hybridized carbons (Fsp3) is 0.133. The maximum absolute atomic E-state index is 12.6. The molecule has 2 aromatic carbocycles. The van der Waals surface area contributed by atoms with E-state index >= 15 is 0 Å². The predicted molar refractivity (Wildman–Crippen MR) is 77.5 cm³/mol. The minimum atomic E-state index is -4.42. The Kier molecular flexibility index (Phi) is 4.97. The highest BCUT2D eigenvalue weighted by molar-refractivity contribution is 7.97. The summed E-state index contributed by atoms with van der Waals surface area (Å²) in [4.78, 5) is 12.2. The quantitative estimate of drug-likeness (QED) is 0.755. The van der Waals surface area contributed by atoms with Crippen LogP contribution >= 0.6 is 11.9 Å². The maximum atomic E-state index is 12.6. The maximum Gasteiger partial charge on any atom is 0.425 e. The van der Waals surface area contributed by atoms with Crippen LogP contribution in [0.5, 0.6) is 5.75 Å². The molecule has 0 spiro atoms. The smallest absolute Gasteiger partial charge is 0.410 e. The molecule has 2 aromatic rings. The molecule has 0 aromatic heterocycles. The van der Waals surface area contributed by atoms with E-state index in [-0.39, 0.29) is 0 Å². The zero-order chi connectivity index (χ0) is 16.2. The molecule has 0 unspecified atom stereocenters. The largest absolute Gasteiger partial charge is 0.425 e. The van der Waals surface area contributed by atoms with Crippen molar-refractivity contribution in [3.63, 3.8) is 0 Å². The lowest BCUT2D eigenvalue weighted by Crippen LogP contribution is -2.23. The van der Waals surface area contributed by atoms with Crippen molar-refractivity contribution in [3.05, 3.63) is 60.2 Å². The van der Waals surface area contributed by atoms with Crippen LogP contribution in [0, 0.1) is 0 Å². The lowest BCUT2D eigenvalue weighted by atomic mass is 10.2. The molecule has 7 heteroatoms. The molecule has 0 saturated heterocycles. The first-order valence-corrected chi connectivity index (χ1v) is 6.99. The van der Waals surface area contributed by atoms with Crippen LogP contribution in [0.3, 0.4) is 0 Å². The molecule has 0 atom stereocenters. The Balaban J connectivity index is 2.02. The van der Waals surface area contributed by atoms with Crippen LogP contribution in [0.2, 0.25) is 0 Å². The van der Waals surface area contributed by atoms with E-state index in [1.54, 1.807) is 30.3 Å². The summed E-state index contributed by atoms with van der Waals surface area (Å²) in [6, 6.07) is 13.2. The lowest BCUT2D eigenvalue weighted by Gasteiger charge is -2.16. The number of alkyl halides is 3. The van der Waals surface area contributed by atoms with E-state index in [9.17, 15) is 18.0 Å². The summed E-state index contributed by atoms with van der Waals surface area (Å²) in [5.41, 5.74) is -0.762. The van der Waals surface area contributed by atoms with E-state index in [0.717, 1.165) is 28.4 Å². The molecule has 22 heavy (non-hydrogen) atoms. The van der Waals surface area contributed by atoms with Gasteiger partial charge in [-0.1, -0.05) is 24.3 Å². The number of benzene rings is 2. The van der Waals surface area contributed by atoms with Crippen LogP contribution in [0.15, 0.2) is 59.5 Å². The van der Waals surface area contributed by atoms with Gasteiger partial charge in [0.2, 0.25) is 0 Å². The Hall–Kier alpha value is -2.15. The summed E-state index contributed by atoms with van der Waals surface area (Å²) >= 11 is 0.860. The van der Waals surface area contributed by atoms with Gasteiger partial charge in [-0.2, -0.15) is 13.2 Å². The zero-order valence-corrected chi connectivity index (χ0v) is 12.3. The van der Waals surface area contributed by atoms with Gasteiger partial charge >= 0.3 is 12.3 Å². The van der Waals surface area contributed by atoms with Crippen molar-refractivity contribution < 1.29 is 22.7 Å². The van der Waals surface area contributed by atoms with Crippen LogP contribution < -0.4 is 4.74 Å². The third-order valence-corrected chi connectivity index (χ3v) is 3.50. The Morgan fingerprint density at radius 3 is 2.41 bits per heavy atom. The van der Waals surface area contributed by atoms with E-state index in [1.807, 2.05) is 0 Å². The van der Waals surface area contributed by atoms with Crippen LogP contribution in [-0.4, -0.2) is 17.4 Å². The second-order valence-corrected chi connectivity index (χ2v) is 5.50. The minimum absolute atomic E-state index is 0.294. The lowest BCUT2D eigenvalue weighted by molar-refractivity contribution is -0.137. The van der Waals surface area contributed by atoms with Crippen LogP contribution in [-0.2, 0) is 6.18 Å². The molecule has 0 N–H and O–H groups in total. The Labute approximate surface area is 129 Å². The van der Waals surface area contributed by atoms with E-state index in [1.165, 1.54) is 19.2 Å². The van der Waals surface area contributed by atoms with Crippen molar-refractivity contribution in [2.75, 3.05) is 7.05 Å². The number of hydrogen-bond donors (Lipinski definition) is 0. The molecule has 1 amide bonds. The number of carbonyl (C=O) groups is 1. The summed E-state index contributed by atoms with van der Waals surface area (Å²) < 4.78 is 44.1. The molecule has 3 nitrogen and oxygen atoms in total. The third kappa shape index (κ3) is 4.42. The van der Waals surface area contributed by atoms with Crippen molar-refractivity contribution in [2.24, 2.45) is 0 Å². The summed E-state index contributed by atoms with van der Waals surface area (Å²) in [6.07, 6.45) is -5.09. The van der Waals surface area contributed by atoms with Gasteiger partial charge in [0.15, 0.2) is 0 Å². The van der Waals surface area contributed by atoms with Crippen LogP contribution in [0.25, 0.3) is 0 Å². The summed E-state index contributed by atoms with van der Waals surface area (Å²) in [5, 5.41) is 0. The number of halogens is 3. The molecule has 0 aliphatic carbocycles. The fourth-order valence-corrected chi connectivity index (χ4v) is 2.33. The number of carbonyl (C=O) groups excluding carboxylic acids is 1. The van der Waals surface area contributed by atoms with Gasteiger partial charge in [-0.05, 0) is 42.3 Å². The molecule has 0 aliphatic heterocycles. The number of para-hydroxylation sites is 1. The van der Waals surface area contributed by atoms with Gasteiger partial charge in [0.1, 0.15) is 5.75 Å². The first kappa shape index (κ1) is 16.2. The fourth-order valence-electron chi connectivity index (χ4n) is 1.58. The van der Waals surface area contributed by atoms with Crippen molar-refractivity contribution in [3.8, 4) is 5.75 Å². The van der Waals surface area contributed by atoms with Crippen LogP contribution in [0.4, 0.5) is 18.0 Å². The normalized spacial score (nSPS) is 11.1. The molecule has 0 saturated carbocycles. The Morgan fingerprint density at radius 1 is 1.09 bits per heavy atom. The van der Waals surface area contributed by atoms with E-state index in [2.05, 4.69) is 0 Å². The standard InChI is InChI=1S/C15H12F3NO2S/c1-19(14(20)21-12-7-3-2-4-8-12)22-13-9-5-6-11(10-13)15(16,17)18/h2-10H,1H3. The van der Waals surface area contributed by atoms with Gasteiger partial charge in [-0.15, -0.1) is 0 Å². The highest BCUT2D eigenvalue weighted by Gasteiger charge is 2.30. The number of nitrogens with zero attached hydrogens (tertiary/aromatic N) is 1. The SMILES string of the molecule is CN(Sc1cccc(C(F)(F)F)c1)C(=O)Oc1ccccc1. The topological polar surface area (TPSA) is 29.5 Å². The molecular formula is C15H12F3NO2S. The minimum Gasteiger partial charge on any atom is -0.410 e. The first-order chi connectivity index (χ1) is 10.4. The van der Waals surface area contributed by atoms with Crippen molar-refractivity contribution >= 4 is 18.0 Å². The monoisotopic (exact) mass is 327 g/mol. The number of ether oxygens (including phenoxy) is 1. The van der Waals surface area contributed by atoms with Gasteiger partial charge in [0.25, 0.3) is 0 Å². The van der Waals surface area contributed by atoms with Crippen molar-refractivity contribution in [2.45, 2.75) is 11.1 Å². The molecule has 0 bridgehead atoms. The third-order valence-electron chi connectivity index (χ3n) is 2.61. The second kappa shape index (κ2) is 6.74. The van der Waals surface area contributed by atoms with Crippen molar-refractivity contribution in [1.29, 1.82) is 0 Å². The van der Waals surface area contributed by atoms with Crippen LogP contribution in [0.1, 0.15) is 5.56 Å². The first-order valence-electron chi connectivity index (χ1n) is 6.22. The van der Waals surface area contributed by atoms with Gasteiger partial charge in [0, 0.05) is 11.9 Å². The van der Waals surface area contributed by atoms with E-state index < -0.39 is 17.8 Å². The zero-order valence-electron chi connectivity index (χ0n) is 11.5. The predicted octanol–water partition coefficient (Wildman–Crippen LogP) is 4.84. The number of amides is 1. The van der Waals surface area contributed by atoms with E-state index in [0.29, 0.717) is 10.6 Å². The average molecular weight is 327 g/mol. The van der Waals surface area contributed by atoms with Gasteiger partial charge < -0.3 is 4.74 Å².